The number of amides is 1. The predicted molar refractivity (Wildman–Crippen MR) is 96.4 cm³/mol. The van der Waals surface area contributed by atoms with E-state index in [2.05, 4.69) is 5.32 Å². The van der Waals surface area contributed by atoms with Gasteiger partial charge in [-0.25, -0.2) is 0 Å². The molecule has 128 valence electrons. The van der Waals surface area contributed by atoms with Crippen molar-refractivity contribution in [3.05, 3.63) is 71.9 Å². The molecule has 0 aliphatic carbocycles. The largest absolute Gasteiger partial charge is 0.387 e. The minimum atomic E-state index is -0.751. The zero-order valence-electron chi connectivity index (χ0n) is 14.0. The van der Waals surface area contributed by atoms with Crippen molar-refractivity contribution in [1.29, 1.82) is 0 Å². The van der Waals surface area contributed by atoms with Gasteiger partial charge >= 0.3 is 0 Å². The summed E-state index contributed by atoms with van der Waals surface area (Å²) in [6, 6.07) is 16.7. The van der Waals surface area contributed by atoms with Gasteiger partial charge in [-0.2, -0.15) is 0 Å². The van der Waals surface area contributed by atoms with Gasteiger partial charge in [0.15, 0.2) is 5.78 Å². The fourth-order valence-electron chi connectivity index (χ4n) is 2.87. The van der Waals surface area contributed by atoms with Crippen LogP contribution in [0.3, 0.4) is 0 Å². The second kappa shape index (κ2) is 7.32. The van der Waals surface area contributed by atoms with Crippen LogP contribution >= 0.6 is 0 Å². The first kappa shape index (κ1) is 16.9. The quantitative estimate of drug-likeness (QED) is 0.680. The molecule has 3 aromatic rings. The second-order valence-corrected chi connectivity index (χ2v) is 5.97. The summed E-state index contributed by atoms with van der Waals surface area (Å²) in [6.45, 7) is 1.75. The summed E-state index contributed by atoms with van der Waals surface area (Å²) < 4.78 is 1.76. The number of Topliss-reactive ketones (excluding diaryl/α,β-unsaturated/α-hetero) is 1. The minimum Gasteiger partial charge on any atom is -0.387 e. The van der Waals surface area contributed by atoms with Crippen molar-refractivity contribution >= 4 is 22.6 Å². The molecule has 0 unspecified atom stereocenters. The number of nitrogens with one attached hydrogen (secondary N) is 1. The maximum absolute atomic E-state index is 12.2. The highest BCUT2D eigenvalue weighted by molar-refractivity contribution is 6.07. The molecule has 25 heavy (non-hydrogen) atoms. The van der Waals surface area contributed by atoms with E-state index in [1.165, 1.54) is 6.92 Å². The lowest BCUT2D eigenvalue weighted by Crippen LogP contribution is -2.31. The molecule has 2 aromatic carbocycles. The zero-order valence-corrected chi connectivity index (χ0v) is 14.0. The van der Waals surface area contributed by atoms with E-state index in [4.69, 9.17) is 0 Å². The average molecular weight is 336 g/mol. The van der Waals surface area contributed by atoms with Gasteiger partial charge in [-0.05, 0) is 18.6 Å². The number of hydrogen-bond donors (Lipinski definition) is 2. The van der Waals surface area contributed by atoms with Crippen molar-refractivity contribution in [2.75, 3.05) is 6.54 Å². The van der Waals surface area contributed by atoms with E-state index < -0.39 is 6.10 Å². The fourth-order valence-corrected chi connectivity index (χ4v) is 2.87. The first-order valence-corrected chi connectivity index (χ1v) is 8.15. The number of fused-ring (bicyclic) bond motifs is 1. The summed E-state index contributed by atoms with van der Waals surface area (Å²) in [6.07, 6.45) is 0.958. The molecule has 3 rings (SSSR count). The molecule has 5 nitrogen and oxygen atoms in total. The number of hydrogen-bond acceptors (Lipinski definition) is 3. The van der Waals surface area contributed by atoms with E-state index in [0.29, 0.717) is 5.56 Å². The normalized spacial score (nSPS) is 12.1. The Morgan fingerprint density at radius 3 is 2.48 bits per heavy atom. The highest BCUT2D eigenvalue weighted by atomic mass is 16.3. The highest BCUT2D eigenvalue weighted by Gasteiger charge is 2.14. The molecule has 2 N–H and O–H groups in total. The molecule has 1 aromatic heterocycles. The third kappa shape index (κ3) is 3.78. The Kier molecular flexibility index (Phi) is 4.95. The van der Waals surface area contributed by atoms with Crippen LogP contribution in [0.25, 0.3) is 10.9 Å². The molecule has 0 saturated carbocycles. The number of carbonyl (C=O) groups excluding carboxylic acids is 2. The maximum atomic E-state index is 12.2. The van der Waals surface area contributed by atoms with Crippen molar-refractivity contribution in [1.82, 2.24) is 9.88 Å². The highest BCUT2D eigenvalue weighted by Crippen LogP contribution is 2.21. The van der Waals surface area contributed by atoms with Crippen LogP contribution < -0.4 is 5.32 Å². The predicted octanol–water partition coefficient (Wildman–Crippen LogP) is 2.69. The molecule has 0 spiro atoms. The second-order valence-electron chi connectivity index (χ2n) is 5.97. The lowest BCUT2D eigenvalue weighted by Gasteiger charge is -2.12. The number of aliphatic hydroxyl groups excluding tert-OH is 1. The maximum Gasteiger partial charge on any atom is 0.240 e. The van der Waals surface area contributed by atoms with Gasteiger partial charge in [-0.1, -0.05) is 48.5 Å². The Hall–Kier alpha value is -2.92. The van der Waals surface area contributed by atoms with E-state index in [9.17, 15) is 14.7 Å². The van der Waals surface area contributed by atoms with Gasteiger partial charge in [0, 0.05) is 29.2 Å². The van der Waals surface area contributed by atoms with Crippen LogP contribution in [0, 0.1) is 0 Å². The van der Waals surface area contributed by atoms with E-state index in [1.807, 2.05) is 54.6 Å². The smallest absolute Gasteiger partial charge is 0.240 e. The van der Waals surface area contributed by atoms with Crippen molar-refractivity contribution in [2.24, 2.45) is 0 Å². The fraction of sp³-hybridized carbons (Fsp3) is 0.200. The van der Waals surface area contributed by atoms with Gasteiger partial charge in [-0.15, -0.1) is 0 Å². The van der Waals surface area contributed by atoms with Crippen molar-refractivity contribution in [3.63, 3.8) is 0 Å². The van der Waals surface area contributed by atoms with Crippen LogP contribution in [-0.2, 0) is 11.3 Å². The van der Waals surface area contributed by atoms with Crippen molar-refractivity contribution in [3.8, 4) is 0 Å². The van der Waals surface area contributed by atoms with Gasteiger partial charge in [0.1, 0.15) is 6.54 Å². The number of carbonyl (C=O) groups is 2. The molecule has 5 heteroatoms. The zero-order chi connectivity index (χ0) is 17.8. The number of para-hydroxylation sites is 1. The lowest BCUT2D eigenvalue weighted by atomic mass is 10.1. The number of aliphatic hydroxyl groups is 1. The van der Waals surface area contributed by atoms with E-state index in [1.54, 1.807) is 10.8 Å². The minimum absolute atomic E-state index is 0.0325. The molecule has 1 atom stereocenters. The van der Waals surface area contributed by atoms with Gasteiger partial charge in [0.25, 0.3) is 0 Å². The summed E-state index contributed by atoms with van der Waals surface area (Å²) in [5.74, 6) is -0.249. The molecular weight excluding hydrogens is 316 g/mol. The molecule has 1 amide bonds. The SMILES string of the molecule is CC(=O)c1cn(CC(=O)NC[C@H](O)c2ccccc2)c2ccccc12. The molecule has 0 bridgehead atoms. The molecule has 0 radical (unpaired) electrons. The first-order chi connectivity index (χ1) is 12.1. The molecule has 0 fully saturated rings. The number of nitrogens with zero attached hydrogens (tertiary/aromatic N) is 1. The van der Waals surface area contributed by atoms with Gasteiger partial charge < -0.3 is 15.0 Å². The van der Waals surface area contributed by atoms with E-state index >= 15 is 0 Å². The third-order valence-corrected chi connectivity index (χ3v) is 4.16. The van der Waals surface area contributed by atoms with Gasteiger partial charge in [0.2, 0.25) is 5.91 Å². The summed E-state index contributed by atoms with van der Waals surface area (Å²) in [7, 11) is 0. The Balaban J connectivity index is 1.69. The molecule has 0 aliphatic heterocycles. The number of rotatable bonds is 6. The summed E-state index contributed by atoms with van der Waals surface area (Å²) in [4.78, 5) is 24.0. The Bertz CT molecular complexity index is 900. The number of aromatic nitrogens is 1. The van der Waals surface area contributed by atoms with Crippen LogP contribution in [0.1, 0.15) is 28.9 Å². The van der Waals surface area contributed by atoms with E-state index in [0.717, 1.165) is 16.5 Å². The molecule has 0 saturated heterocycles. The Morgan fingerprint density at radius 2 is 1.76 bits per heavy atom. The van der Waals surface area contributed by atoms with E-state index in [-0.39, 0.29) is 24.8 Å². The summed E-state index contributed by atoms with van der Waals surface area (Å²) in [5.41, 5.74) is 2.20. The Labute approximate surface area is 145 Å². The number of benzene rings is 2. The van der Waals surface area contributed by atoms with Gasteiger partial charge in [-0.3, -0.25) is 9.59 Å². The van der Waals surface area contributed by atoms with Crippen LogP contribution in [0.15, 0.2) is 60.8 Å². The van der Waals surface area contributed by atoms with Crippen molar-refractivity contribution in [2.45, 2.75) is 19.6 Å². The van der Waals surface area contributed by atoms with Crippen LogP contribution in [-0.4, -0.2) is 27.9 Å². The monoisotopic (exact) mass is 336 g/mol. The average Bonchev–Trinajstić information content (AvgIpc) is 2.99. The van der Waals surface area contributed by atoms with Crippen LogP contribution in [0.5, 0.6) is 0 Å². The summed E-state index contributed by atoms with van der Waals surface area (Å²) in [5, 5.41) is 13.7. The molecule has 0 aliphatic rings. The molecule has 1 heterocycles. The lowest BCUT2D eigenvalue weighted by molar-refractivity contribution is -0.122. The topological polar surface area (TPSA) is 71.3 Å². The first-order valence-electron chi connectivity index (χ1n) is 8.15. The summed E-state index contributed by atoms with van der Waals surface area (Å²) >= 11 is 0. The van der Waals surface area contributed by atoms with Crippen LogP contribution in [0.4, 0.5) is 0 Å². The third-order valence-electron chi connectivity index (χ3n) is 4.16. The van der Waals surface area contributed by atoms with Crippen LogP contribution in [0.2, 0.25) is 0 Å². The van der Waals surface area contributed by atoms with Crippen molar-refractivity contribution < 1.29 is 14.7 Å². The van der Waals surface area contributed by atoms with Gasteiger partial charge in [0.05, 0.1) is 6.10 Å². The Morgan fingerprint density at radius 1 is 1.08 bits per heavy atom. The number of ketones is 1. The molecular formula is C20H20N2O3. The standard InChI is InChI=1S/C20H20N2O3/c1-14(23)17-12-22(18-10-6-5-9-16(17)18)13-20(25)21-11-19(24)15-7-3-2-4-8-15/h2-10,12,19,24H,11,13H2,1H3,(H,21,25)/t19-/m0/s1.